The summed E-state index contributed by atoms with van der Waals surface area (Å²) < 4.78 is 6.64. The Bertz CT molecular complexity index is 346. The number of nitrogens with zero attached hydrogens (tertiary/aromatic N) is 2. The highest BCUT2D eigenvalue weighted by Crippen LogP contribution is 2.11. The molecule has 1 aromatic rings. The molecule has 15 heavy (non-hydrogen) atoms. The van der Waals surface area contributed by atoms with E-state index in [0.29, 0.717) is 6.04 Å². The smallest absolute Gasteiger partial charge is 0.241 e. The van der Waals surface area contributed by atoms with Crippen molar-refractivity contribution in [3.63, 3.8) is 0 Å². The van der Waals surface area contributed by atoms with E-state index in [1.807, 2.05) is 6.20 Å². The molecule has 1 aliphatic rings. The van der Waals surface area contributed by atoms with Crippen molar-refractivity contribution in [3.8, 4) is 0 Å². The topological polar surface area (TPSA) is 68.2 Å². The van der Waals surface area contributed by atoms with Gasteiger partial charge in [0.2, 0.25) is 5.91 Å². The highest BCUT2D eigenvalue weighted by Gasteiger charge is 2.18. The number of rotatable bonds is 4. The highest BCUT2D eigenvalue weighted by atomic mass is 16.5. The number of aromatic nitrogens is 2. The summed E-state index contributed by atoms with van der Waals surface area (Å²) in [5, 5.41) is 9.86. The average molecular weight is 210 g/mol. The van der Waals surface area contributed by atoms with Crippen molar-refractivity contribution in [1.82, 2.24) is 15.1 Å². The minimum absolute atomic E-state index is 0.0587. The van der Waals surface area contributed by atoms with Crippen LogP contribution < -0.4 is 10.6 Å². The first-order valence-electron chi connectivity index (χ1n) is 4.85. The Kier molecular flexibility index (Phi) is 2.86. The molecule has 1 saturated heterocycles. The number of hydrogen-bond acceptors (Lipinski definition) is 4. The van der Waals surface area contributed by atoms with E-state index in [9.17, 15) is 4.79 Å². The molecule has 0 bridgehead atoms. The van der Waals surface area contributed by atoms with Crippen LogP contribution in [0.5, 0.6) is 0 Å². The van der Waals surface area contributed by atoms with Gasteiger partial charge in [-0.1, -0.05) is 0 Å². The number of hydrogen-bond donors (Lipinski definition) is 2. The molecule has 0 aliphatic carbocycles. The van der Waals surface area contributed by atoms with Crippen molar-refractivity contribution in [3.05, 3.63) is 12.4 Å². The zero-order valence-corrected chi connectivity index (χ0v) is 8.56. The Hall–Kier alpha value is -1.56. The number of ether oxygens (including phenoxy) is 1. The second-order valence-electron chi connectivity index (χ2n) is 3.48. The molecular weight excluding hydrogens is 196 g/mol. The largest absolute Gasteiger partial charge is 0.377 e. The van der Waals surface area contributed by atoms with E-state index >= 15 is 0 Å². The molecule has 6 heteroatoms. The zero-order chi connectivity index (χ0) is 10.7. The maximum Gasteiger partial charge on any atom is 0.241 e. The lowest BCUT2D eigenvalue weighted by Crippen LogP contribution is -2.40. The van der Waals surface area contributed by atoms with Crippen LogP contribution in [0.2, 0.25) is 0 Å². The van der Waals surface area contributed by atoms with E-state index in [1.54, 1.807) is 17.9 Å². The highest BCUT2D eigenvalue weighted by molar-refractivity contribution is 5.75. The number of nitrogens with one attached hydrogen (secondary N) is 2. The number of amides is 1. The molecule has 1 aromatic heterocycles. The summed E-state index contributed by atoms with van der Waals surface area (Å²) >= 11 is 0. The van der Waals surface area contributed by atoms with Crippen molar-refractivity contribution in [2.75, 3.05) is 25.6 Å². The van der Waals surface area contributed by atoms with Gasteiger partial charge in [-0.05, 0) is 0 Å². The third-order valence-corrected chi connectivity index (χ3v) is 2.23. The summed E-state index contributed by atoms with van der Waals surface area (Å²) in [5.41, 5.74) is 0.923. The standard InChI is InChI=1S/C9H14N4O2/c1-10-9(14)4-13-3-7(2-11-13)12-8-5-15-6-8/h2-3,8,12H,4-6H2,1H3,(H,10,14). The van der Waals surface area contributed by atoms with Gasteiger partial charge in [0.05, 0.1) is 31.1 Å². The first-order valence-corrected chi connectivity index (χ1v) is 4.85. The van der Waals surface area contributed by atoms with Gasteiger partial charge in [0.15, 0.2) is 0 Å². The Morgan fingerprint density at radius 2 is 2.53 bits per heavy atom. The molecule has 0 atom stereocenters. The molecule has 0 radical (unpaired) electrons. The van der Waals surface area contributed by atoms with Crippen molar-refractivity contribution in [2.24, 2.45) is 0 Å². The van der Waals surface area contributed by atoms with E-state index in [0.717, 1.165) is 18.9 Å². The average Bonchev–Trinajstić information content (AvgIpc) is 2.59. The molecule has 0 unspecified atom stereocenters. The molecule has 0 aromatic carbocycles. The zero-order valence-electron chi connectivity index (χ0n) is 8.56. The first kappa shape index (κ1) is 9.97. The summed E-state index contributed by atoms with van der Waals surface area (Å²) in [6.45, 7) is 1.72. The van der Waals surface area contributed by atoms with Crippen LogP contribution in [0.4, 0.5) is 5.69 Å². The van der Waals surface area contributed by atoms with Crippen molar-refractivity contribution >= 4 is 11.6 Å². The van der Waals surface area contributed by atoms with Crippen molar-refractivity contribution in [1.29, 1.82) is 0 Å². The van der Waals surface area contributed by atoms with Crippen molar-refractivity contribution < 1.29 is 9.53 Å². The summed E-state index contributed by atoms with van der Waals surface area (Å²) in [6, 6.07) is 0.377. The van der Waals surface area contributed by atoms with Crippen LogP contribution in [0.3, 0.4) is 0 Å². The fourth-order valence-corrected chi connectivity index (χ4v) is 1.31. The predicted molar refractivity (Wildman–Crippen MR) is 54.5 cm³/mol. The molecule has 2 heterocycles. The van der Waals surface area contributed by atoms with Gasteiger partial charge in [0.25, 0.3) is 0 Å². The van der Waals surface area contributed by atoms with Gasteiger partial charge in [-0.25, -0.2) is 0 Å². The molecule has 2 N–H and O–H groups in total. The van der Waals surface area contributed by atoms with E-state index in [1.165, 1.54) is 0 Å². The third-order valence-electron chi connectivity index (χ3n) is 2.23. The van der Waals surface area contributed by atoms with E-state index in [4.69, 9.17) is 4.74 Å². The van der Waals surface area contributed by atoms with Crippen LogP contribution in [0.15, 0.2) is 12.4 Å². The molecular formula is C9H14N4O2. The SMILES string of the molecule is CNC(=O)Cn1cc(NC2COC2)cn1. The molecule has 2 rings (SSSR count). The number of anilines is 1. The second-order valence-corrected chi connectivity index (χ2v) is 3.48. The van der Waals surface area contributed by atoms with E-state index < -0.39 is 0 Å². The van der Waals surface area contributed by atoms with Gasteiger partial charge in [-0.3, -0.25) is 9.48 Å². The lowest BCUT2D eigenvalue weighted by molar-refractivity contribution is -0.121. The lowest BCUT2D eigenvalue weighted by atomic mass is 10.2. The van der Waals surface area contributed by atoms with Crippen LogP contribution in [0.1, 0.15) is 0 Å². The van der Waals surface area contributed by atoms with Crippen LogP contribution in [0.25, 0.3) is 0 Å². The summed E-state index contributed by atoms with van der Waals surface area (Å²) in [6.07, 6.45) is 3.52. The normalized spacial score (nSPS) is 15.8. The quantitative estimate of drug-likeness (QED) is 0.699. The van der Waals surface area contributed by atoms with Crippen LogP contribution in [-0.4, -0.2) is 42.0 Å². The molecule has 1 fully saturated rings. The molecule has 6 nitrogen and oxygen atoms in total. The summed E-state index contributed by atoms with van der Waals surface area (Å²) in [4.78, 5) is 11.1. The minimum atomic E-state index is -0.0587. The predicted octanol–water partition coefficient (Wildman–Crippen LogP) is -0.560. The first-order chi connectivity index (χ1) is 7.28. The fourth-order valence-electron chi connectivity index (χ4n) is 1.31. The molecule has 82 valence electrons. The van der Waals surface area contributed by atoms with Crippen molar-refractivity contribution in [2.45, 2.75) is 12.6 Å². The third kappa shape index (κ3) is 2.47. The van der Waals surface area contributed by atoms with E-state index in [-0.39, 0.29) is 12.5 Å². The van der Waals surface area contributed by atoms with Gasteiger partial charge in [0, 0.05) is 13.2 Å². The minimum Gasteiger partial charge on any atom is -0.377 e. The Morgan fingerprint density at radius 1 is 1.73 bits per heavy atom. The van der Waals surface area contributed by atoms with Gasteiger partial charge in [0.1, 0.15) is 6.54 Å². The van der Waals surface area contributed by atoms with Gasteiger partial charge >= 0.3 is 0 Å². The maximum atomic E-state index is 11.1. The summed E-state index contributed by atoms with van der Waals surface area (Å²) in [7, 11) is 1.61. The van der Waals surface area contributed by atoms with Crippen LogP contribution in [-0.2, 0) is 16.1 Å². The number of carbonyl (C=O) groups excluding carboxylic acids is 1. The van der Waals surface area contributed by atoms with Gasteiger partial charge < -0.3 is 15.4 Å². The number of carbonyl (C=O) groups is 1. The van der Waals surface area contributed by atoms with Gasteiger partial charge in [-0.15, -0.1) is 0 Å². The Morgan fingerprint density at radius 3 is 3.13 bits per heavy atom. The van der Waals surface area contributed by atoms with Crippen LogP contribution >= 0.6 is 0 Å². The molecule has 0 spiro atoms. The number of likely N-dealkylation sites (N-methyl/N-ethyl adjacent to an activating group) is 1. The van der Waals surface area contributed by atoms with E-state index in [2.05, 4.69) is 15.7 Å². The molecule has 1 amide bonds. The maximum absolute atomic E-state index is 11.1. The Balaban J connectivity index is 1.88. The molecule has 0 saturated carbocycles. The van der Waals surface area contributed by atoms with Crippen LogP contribution in [0, 0.1) is 0 Å². The second kappa shape index (κ2) is 4.31. The summed E-state index contributed by atoms with van der Waals surface area (Å²) in [5.74, 6) is -0.0587. The van der Waals surface area contributed by atoms with Gasteiger partial charge in [-0.2, -0.15) is 5.10 Å². The monoisotopic (exact) mass is 210 g/mol. The molecule has 1 aliphatic heterocycles. The Labute approximate surface area is 87.6 Å². The lowest BCUT2D eigenvalue weighted by Gasteiger charge is -2.26. The fraction of sp³-hybridized carbons (Fsp3) is 0.556.